The number of fused-ring (bicyclic) bond motifs is 2. The fourth-order valence-electron chi connectivity index (χ4n) is 4.29. The van der Waals surface area contributed by atoms with Crippen LogP contribution in [0.5, 0.6) is 0 Å². The van der Waals surface area contributed by atoms with Crippen molar-refractivity contribution in [2.45, 2.75) is 45.6 Å². The summed E-state index contributed by atoms with van der Waals surface area (Å²) in [6.07, 6.45) is 5.56. The zero-order valence-corrected chi connectivity index (χ0v) is 15.2. The van der Waals surface area contributed by atoms with E-state index in [1.807, 2.05) is 12.1 Å². The smallest absolute Gasteiger partial charge is 0.338 e. The Morgan fingerprint density at radius 3 is 2.62 bits per heavy atom. The Morgan fingerprint density at radius 1 is 1.29 bits per heavy atom. The molecule has 2 aliphatic carbocycles. The molecule has 0 spiro atoms. The second-order valence-electron chi connectivity index (χ2n) is 7.02. The van der Waals surface area contributed by atoms with Crippen molar-refractivity contribution >= 4 is 29.0 Å². The molecule has 0 aromatic heterocycles. The molecule has 0 heterocycles. The zero-order chi connectivity index (χ0) is 17.1. The lowest BCUT2D eigenvalue weighted by molar-refractivity contribution is 0.0526. The van der Waals surface area contributed by atoms with Crippen LogP contribution >= 0.6 is 12.2 Å². The van der Waals surface area contributed by atoms with E-state index in [0.29, 0.717) is 23.3 Å². The van der Waals surface area contributed by atoms with Gasteiger partial charge in [0.25, 0.3) is 0 Å². The SMILES string of the molecule is CCOC(=O)c1ccc(NC(=S)N[C@H](C)[C@H]2C[C@@H]3CC[C@@H]2C3)cc1. The molecule has 5 heteroatoms. The summed E-state index contributed by atoms with van der Waals surface area (Å²) >= 11 is 5.45. The Balaban J connectivity index is 1.50. The molecule has 4 nitrogen and oxygen atoms in total. The van der Waals surface area contributed by atoms with Crippen molar-refractivity contribution in [3.63, 3.8) is 0 Å². The topological polar surface area (TPSA) is 50.4 Å². The van der Waals surface area contributed by atoms with Crippen LogP contribution in [-0.4, -0.2) is 23.7 Å². The molecule has 0 saturated heterocycles. The number of benzene rings is 1. The number of nitrogens with one attached hydrogen (secondary N) is 2. The van der Waals surface area contributed by atoms with Gasteiger partial charge < -0.3 is 15.4 Å². The third-order valence-corrected chi connectivity index (χ3v) is 5.67. The molecule has 1 aromatic carbocycles. The molecule has 1 aromatic rings. The zero-order valence-electron chi connectivity index (χ0n) is 14.4. The minimum atomic E-state index is -0.297. The van der Waals surface area contributed by atoms with Gasteiger partial charge in [-0.05, 0) is 87.3 Å². The van der Waals surface area contributed by atoms with Gasteiger partial charge in [0, 0.05) is 11.7 Å². The normalized spacial score (nSPS) is 26.0. The molecule has 0 radical (unpaired) electrons. The quantitative estimate of drug-likeness (QED) is 0.624. The van der Waals surface area contributed by atoms with Crippen molar-refractivity contribution in [3.05, 3.63) is 29.8 Å². The van der Waals surface area contributed by atoms with Gasteiger partial charge in [-0.25, -0.2) is 4.79 Å². The average molecular weight is 346 g/mol. The number of anilines is 1. The van der Waals surface area contributed by atoms with Crippen LogP contribution in [0.3, 0.4) is 0 Å². The first-order chi connectivity index (χ1) is 11.6. The van der Waals surface area contributed by atoms with E-state index >= 15 is 0 Å². The van der Waals surface area contributed by atoms with E-state index in [1.54, 1.807) is 19.1 Å². The summed E-state index contributed by atoms with van der Waals surface area (Å²) in [6, 6.07) is 7.61. The van der Waals surface area contributed by atoms with E-state index in [1.165, 1.54) is 25.7 Å². The van der Waals surface area contributed by atoms with Gasteiger partial charge in [-0.2, -0.15) is 0 Å². The van der Waals surface area contributed by atoms with Gasteiger partial charge in [-0.15, -0.1) is 0 Å². The minimum Gasteiger partial charge on any atom is -0.462 e. The summed E-state index contributed by atoms with van der Waals surface area (Å²) < 4.78 is 4.99. The van der Waals surface area contributed by atoms with E-state index in [2.05, 4.69) is 17.6 Å². The summed E-state index contributed by atoms with van der Waals surface area (Å²) in [7, 11) is 0. The van der Waals surface area contributed by atoms with E-state index in [9.17, 15) is 4.79 Å². The largest absolute Gasteiger partial charge is 0.462 e. The predicted molar refractivity (Wildman–Crippen MR) is 100 cm³/mol. The second kappa shape index (κ2) is 7.51. The van der Waals surface area contributed by atoms with Crippen molar-refractivity contribution in [2.24, 2.45) is 17.8 Å². The number of hydrogen-bond acceptors (Lipinski definition) is 3. The fourth-order valence-corrected chi connectivity index (χ4v) is 4.60. The lowest BCUT2D eigenvalue weighted by atomic mass is 9.84. The molecular weight excluding hydrogens is 320 g/mol. The molecular formula is C19H26N2O2S. The maximum Gasteiger partial charge on any atom is 0.338 e. The Morgan fingerprint density at radius 2 is 2.04 bits per heavy atom. The van der Waals surface area contributed by atoms with Gasteiger partial charge >= 0.3 is 5.97 Å². The summed E-state index contributed by atoms with van der Waals surface area (Å²) in [4.78, 5) is 11.7. The van der Waals surface area contributed by atoms with Gasteiger partial charge in [0.05, 0.1) is 12.2 Å². The fraction of sp³-hybridized carbons (Fsp3) is 0.579. The Labute approximate surface area is 149 Å². The van der Waals surface area contributed by atoms with Crippen molar-refractivity contribution in [1.82, 2.24) is 5.32 Å². The van der Waals surface area contributed by atoms with Crippen LogP contribution in [0.1, 0.15) is 49.9 Å². The first-order valence-electron chi connectivity index (χ1n) is 8.91. The third kappa shape index (κ3) is 3.89. The molecule has 2 fully saturated rings. The standard InChI is InChI=1S/C19H26N2O2S/c1-3-23-18(22)14-6-8-16(9-7-14)21-19(24)20-12(2)17-11-13-4-5-15(17)10-13/h6-9,12-13,15,17H,3-5,10-11H2,1-2H3,(H2,20,21,24)/t12-,13-,15-,17-/m1/s1. The van der Waals surface area contributed by atoms with Gasteiger partial charge in [0.15, 0.2) is 5.11 Å². The van der Waals surface area contributed by atoms with Crippen LogP contribution in [0.15, 0.2) is 24.3 Å². The highest BCUT2D eigenvalue weighted by Gasteiger charge is 2.41. The number of thiocarbonyl (C=S) groups is 1. The summed E-state index contributed by atoms with van der Waals surface area (Å²) in [6.45, 7) is 4.42. The van der Waals surface area contributed by atoms with Gasteiger partial charge in [-0.3, -0.25) is 0 Å². The average Bonchev–Trinajstić information content (AvgIpc) is 3.18. The Kier molecular flexibility index (Phi) is 5.39. The van der Waals surface area contributed by atoms with Gasteiger partial charge in [0.2, 0.25) is 0 Å². The molecule has 2 bridgehead atoms. The summed E-state index contributed by atoms with van der Waals surface area (Å²) in [5, 5.41) is 7.30. The maximum absolute atomic E-state index is 11.7. The van der Waals surface area contributed by atoms with Crippen LogP contribution in [-0.2, 0) is 4.74 Å². The molecule has 3 rings (SSSR count). The van der Waals surface area contributed by atoms with Crippen LogP contribution < -0.4 is 10.6 Å². The van der Waals surface area contributed by atoms with E-state index in [-0.39, 0.29) is 5.97 Å². The van der Waals surface area contributed by atoms with Gasteiger partial charge in [-0.1, -0.05) is 6.42 Å². The highest BCUT2D eigenvalue weighted by molar-refractivity contribution is 7.80. The lowest BCUT2D eigenvalue weighted by Gasteiger charge is -2.29. The molecule has 4 atom stereocenters. The van der Waals surface area contributed by atoms with Crippen molar-refractivity contribution in [3.8, 4) is 0 Å². The third-order valence-electron chi connectivity index (χ3n) is 5.45. The van der Waals surface area contributed by atoms with Gasteiger partial charge in [0.1, 0.15) is 0 Å². The van der Waals surface area contributed by atoms with E-state index in [4.69, 9.17) is 17.0 Å². The molecule has 0 aliphatic heterocycles. The number of carbonyl (C=O) groups is 1. The Hall–Kier alpha value is -1.62. The second-order valence-corrected chi connectivity index (χ2v) is 7.43. The molecule has 0 amide bonds. The number of carbonyl (C=O) groups excluding carboxylic acids is 1. The first kappa shape index (κ1) is 17.2. The summed E-state index contributed by atoms with van der Waals surface area (Å²) in [5.41, 5.74) is 1.43. The molecule has 0 unspecified atom stereocenters. The molecule has 130 valence electrons. The summed E-state index contributed by atoms with van der Waals surface area (Å²) in [5.74, 6) is 2.27. The monoisotopic (exact) mass is 346 g/mol. The molecule has 24 heavy (non-hydrogen) atoms. The first-order valence-corrected chi connectivity index (χ1v) is 9.32. The molecule has 2 saturated carbocycles. The predicted octanol–water partition coefficient (Wildman–Crippen LogP) is 3.97. The highest BCUT2D eigenvalue weighted by atomic mass is 32.1. The van der Waals surface area contributed by atoms with E-state index in [0.717, 1.165) is 23.4 Å². The molecule has 2 N–H and O–H groups in total. The van der Waals surface area contributed by atoms with Crippen molar-refractivity contribution in [1.29, 1.82) is 0 Å². The lowest BCUT2D eigenvalue weighted by Crippen LogP contribution is -2.42. The van der Waals surface area contributed by atoms with Crippen LogP contribution in [0.25, 0.3) is 0 Å². The molecule has 2 aliphatic rings. The van der Waals surface area contributed by atoms with E-state index < -0.39 is 0 Å². The Bertz CT molecular complexity index is 602. The number of ether oxygens (including phenoxy) is 1. The van der Waals surface area contributed by atoms with Crippen LogP contribution in [0, 0.1) is 17.8 Å². The van der Waals surface area contributed by atoms with Crippen molar-refractivity contribution < 1.29 is 9.53 Å². The van der Waals surface area contributed by atoms with Crippen LogP contribution in [0.2, 0.25) is 0 Å². The number of hydrogen-bond donors (Lipinski definition) is 2. The van der Waals surface area contributed by atoms with Crippen molar-refractivity contribution in [2.75, 3.05) is 11.9 Å². The number of rotatable bonds is 5. The highest BCUT2D eigenvalue weighted by Crippen LogP contribution is 2.49. The van der Waals surface area contributed by atoms with Crippen LogP contribution in [0.4, 0.5) is 5.69 Å². The maximum atomic E-state index is 11.7. The minimum absolute atomic E-state index is 0.297. The number of esters is 1.